The number of hydrogen-bond donors (Lipinski definition) is 2. The Morgan fingerprint density at radius 1 is 1.42 bits per heavy atom. The van der Waals surface area contributed by atoms with E-state index in [0.29, 0.717) is 28.9 Å². The highest BCUT2D eigenvalue weighted by atomic mass is 32.2. The van der Waals surface area contributed by atoms with E-state index in [4.69, 9.17) is 9.47 Å². The number of carbonyl (C=O) groups excluding carboxylic acids is 1. The number of rotatable bonds is 7. The van der Waals surface area contributed by atoms with Crippen molar-refractivity contribution in [1.29, 1.82) is 0 Å². The van der Waals surface area contributed by atoms with Gasteiger partial charge in [-0.15, -0.1) is 5.10 Å². The van der Waals surface area contributed by atoms with Crippen LogP contribution in [0.3, 0.4) is 0 Å². The van der Waals surface area contributed by atoms with Crippen molar-refractivity contribution >= 4 is 23.4 Å². The number of H-pyrrole nitrogens is 1. The summed E-state index contributed by atoms with van der Waals surface area (Å²) in [4.78, 5) is 23.8. The minimum Gasteiger partial charge on any atom is -0.454 e. The summed E-state index contributed by atoms with van der Waals surface area (Å²) in [5.41, 5.74) is 0.386. The van der Waals surface area contributed by atoms with Crippen LogP contribution in [0, 0.1) is 0 Å². The highest BCUT2D eigenvalue weighted by Crippen LogP contribution is 2.34. The zero-order valence-corrected chi connectivity index (χ0v) is 14.0. The van der Waals surface area contributed by atoms with Gasteiger partial charge in [-0.2, -0.15) is 0 Å². The lowest BCUT2D eigenvalue weighted by molar-refractivity contribution is -0.113. The third-order valence-corrected chi connectivity index (χ3v) is 4.42. The maximum absolute atomic E-state index is 12.1. The standard InChI is InChI=1S/C15H18N4O4S/c1-2-3-6-19-14(21)17-18-15(19)24-8-13(20)16-10-4-5-11-12(7-10)23-9-22-11/h4-5,7H,2-3,6,8-9H2,1H3,(H,16,20)(H,17,21). The number of thioether (sulfide) groups is 1. The van der Waals surface area contributed by atoms with Crippen molar-refractivity contribution in [1.82, 2.24) is 14.8 Å². The molecule has 2 aromatic rings. The highest BCUT2D eigenvalue weighted by Gasteiger charge is 2.15. The molecule has 0 aliphatic carbocycles. The molecule has 1 aromatic carbocycles. The fourth-order valence-corrected chi connectivity index (χ4v) is 3.00. The zero-order valence-electron chi connectivity index (χ0n) is 13.2. The minimum atomic E-state index is -0.248. The molecule has 1 aliphatic rings. The predicted octanol–water partition coefficient (Wildman–Crippen LogP) is 1.83. The number of carbonyl (C=O) groups is 1. The first-order valence-electron chi connectivity index (χ1n) is 7.65. The molecule has 9 heteroatoms. The highest BCUT2D eigenvalue weighted by molar-refractivity contribution is 7.99. The number of nitrogens with zero attached hydrogens (tertiary/aromatic N) is 2. The molecule has 0 saturated carbocycles. The van der Waals surface area contributed by atoms with E-state index in [1.165, 1.54) is 11.8 Å². The van der Waals surface area contributed by atoms with Crippen LogP contribution >= 0.6 is 11.8 Å². The van der Waals surface area contributed by atoms with E-state index < -0.39 is 0 Å². The Morgan fingerprint density at radius 2 is 2.25 bits per heavy atom. The molecule has 3 rings (SSSR count). The molecule has 2 N–H and O–H groups in total. The lowest BCUT2D eigenvalue weighted by atomic mass is 10.3. The van der Waals surface area contributed by atoms with E-state index in [1.807, 2.05) is 0 Å². The van der Waals surface area contributed by atoms with Gasteiger partial charge in [0.25, 0.3) is 0 Å². The predicted molar refractivity (Wildman–Crippen MR) is 89.7 cm³/mol. The quantitative estimate of drug-likeness (QED) is 0.739. The summed E-state index contributed by atoms with van der Waals surface area (Å²) in [6, 6.07) is 5.22. The van der Waals surface area contributed by atoms with Crippen molar-refractivity contribution < 1.29 is 14.3 Å². The third-order valence-electron chi connectivity index (χ3n) is 3.45. The topological polar surface area (TPSA) is 98.2 Å². The molecule has 1 aliphatic heterocycles. The van der Waals surface area contributed by atoms with E-state index in [1.54, 1.807) is 22.8 Å². The van der Waals surface area contributed by atoms with Gasteiger partial charge in [-0.25, -0.2) is 9.89 Å². The number of benzene rings is 1. The van der Waals surface area contributed by atoms with Crippen LogP contribution in [-0.2, 0) is 11.3 Å². The van der Waals surface area contributed by atoms with Crippen molar-refractivity contribution in [2.24, 2.45) is 0 Å². The average Bonchev–Trinajstić information content (AvgIpc) is 3.17. The molecule has 0 spiro atoms. The van der Waals surface area contributed by atoms with E-state index in [0.717, 1.165) is 12.8 Å². The Labute approximate surface area is 142 Å². The Kier molecular flexibility index (Phi) is 5.09. The van der Waals surface area contributed by atoms with Gasteiger partial charge in [-0.1, -0.05) is 25.1 Å². The molecular formula is C15H18N4O4S. The summed E-state index contributed by atoms with van der Waals surface area (Å²) in [6.45, 7) is 2.84. The number of unbranched alkanes of at least 4 members (excludes halogenated alkanes) is 1. The first-order chi connectivity index (χ1) is 11.7. The molecule has 0 saturated heterocycles. The number of anilines is 1. The number of aromatic amines is 1. The van der Waals surface area contributed by atoms with Gasteiger partial charge >= 0.3 is 5.69 Å². The normalized spacial score (nSPS) is 12.4. The van der Waals surface area contributed by atoms with E-state index in [-0.39, 0.29) is 24.1 Å². The molecule has 8 nitrogen and oxygen atoms in total. The van der Waals surface area contributed by atoms with Crippen LogP contribution in [0.5, 0.6) is 11.5 Å². The maximum atomic E-state index is 12.1. The number of fused-ring (bicyclic) bond motifs is 1. The molecule has 24 heavy (non-hydrogen) atoms. The van der Waals surface area contributed by atoms with Crippen LogP contribution in [-0.4, -0.2) is 33.2 Å². The molecule has 128 valence electrons. The first-order valence-corrected chi connectivity index (χ1v) is 8.63. The molecule has 1 aromatic heterocycles. The molecule has 0 bridgehead atoms. The SMILES string of the molecule is CCCCn1c(SCC(=O)Nc2ccc3c(c2)OCO3)n[nH]c1=O. The Bertz CT molecular complexity index is 786. The summed E-state index contributed by atoms with van der Waals surface area (Å²) < 4.78 is 12.1. The summed E-state index contributed by atoms with van der Waals surface area (Å²) >= 11 is 1.22. The molecule has 2 heterocycles. The second kappa shape index (κ2) is 7.43. The van der Waals surface area contributed by atoms with E-state index in [2.05, 4.69) is 22.4 Å². The Morgan fingerprint density at radius 3 is 3.08 bits per heavy atom. The summed E-state index contributed by atoms with van der Waals surface area (Å²) in [5.74, 6) is 1.25. The second-order valence-electron chi connectivity index (χ2n) is 5.22. The molecule has 0 fully saturated rings. The number of aromatic nitrogens is 3. The lowest BCUT2D eigenvalue weighted by Crippen LogP contribution is -2.19. The van der Waals surface area contributed by atoms with Gasteiger partial charge in [0.2, 0.25) is 12.7 Å². The van der Waals surface area contributed by atoms with Crippen molar-refractivity contribution in [3.8, 4) is 11.5 Å². The second-order valence-corrected chi connectivity index (χ2v) is 6.16. The fraction of sp³-hybridized carbons (Fsp3) is 0.400. The number of nitrogens with one attached hydrogen (secondary N) is 2. The van der Waals surface area contributed by atoms with Crippen LogP contribution < -0.4 is 20.5 Å². The van der Waals surface area contributed by atoms with E-state index in [9.17, 15) is 9.59 Å². The fourth-order valence-electron chi connectivity index (χ4n) is 2.23. The molecule has 0 atom stereocenters. The van der Waals surface area contributed by atoms with Gasteiger partial charge in [0.1, 0.15) is 0 Å². The van der Waals surface area contributed by atoms with Crippen LogP contribution in [0.1, 0.15) is 19.8 Å². The zero-order chi connectivity index (χ0) is 16.9. The Hall–Kier alpha value is -2.42. The van der Waals surface area contributed by atoms with Gasteiger partial charge in [0.05, 0.1) is 5.75 Å². The van der Waals surface area contributed by atoms with Crippen molar-refractivity contribution in [3.05, 3.63) is 28.7 Å². The van der Waals surface area contributed by atoms with Crippen molar-refractivity contribution in [2.45, 2.75) is 31.5 Å². The molecule has 1 amide bonds. The number of hydrogen-bond acceptors (Lipinski definition) is 6. The van der Waals surface area contributed by atoms with Gasteiger partial charge in [-0.05, 0) is 18.6 Å². The minimum absolute atomic E-state index is 0.158. The first kappa shape index (κ1) is 16.4. The van der Waals surface area contributed by atoms with Crippen molar-refractivity contribution in [2.75, 3.05) is 17.9 Å². The summed E-state index contributed by atoms with van der Waals surface area (Å²) in [6.07, 6.45) is 1.86. The third kappa shape index (κ3) is 3.73. The maximum Gasteiger partial charge on any atom is 0.343 e. The van der Waals surface area contributed by atoms with Gasteiger partial charge in [0, 0.05) is 18.3 Å². The van der Waals surface area contributed by atoms with Crippen molar-refractivity contribution in [3.63, 3.8) is 0 Å². The van der Waals surface area contributed by atoms with Crippen LogP contribution in [0.25, 0.3) is 0 Å². The van der Waals surface area contributed by atoms with Gasteiger partial charge in [0.15, 0.2) is 16.7 Å². The number of amides is 1. The van der Waals surface area contributed by atoms with Gasteiger partial charge < -0.3 is 14.8 Å². The number of ether oxygens (including phenoxy) is 2. The molecule has 0 radical (unpaired) electrons. The van der Waals surface area contributed by atoms with Crippen LogP contribution in [0.2, 0.25) is 0 Å². The summed E-state index contributed by atoms with van der Waals surface area (Å²) in [7, 11) is 0. The lowest BCUT2D eigenvalue weighted by Gasteiger charge is -2.07. The monoisotopic (exact) mass is 350 g/mol. The molecular weight excluding hydrogens is 332 g/mol. The summed E-state index contributed by atoms with van der Waals surface area (Å²) in [5, 5.41) is 9.70. The Balaban J connectivity index is 1.57. The van der Waals surface area contributed by atoms with E-state index >= 15 is 0 Å². The molecule has 0 unspecified atom stereocenters. The smallest absolute Gasteiger partial charge is 0.343 e. The average molecular weight is 350 g/mol. The van der Waals surface area contributed by atoms with Gasteiger partial charge in [-0.3, -0.25) is 9.36 Å². The van der Waals surface area contributed by atoms with Crippen LogP contribution in [0.15, 0.2) is 28.2 Å². The van der Waals surface area contributed by atoms with Crippen LogP contribution in [0.4, 0.5) is 5.69 Å². The largest absolute Gasteiger partial charge is 0.454 e.